The van der Waals surface area contributed by atoms with Crippen LogP contribution in [0.4, 0.5) is 22.0 Å². The van der Waals surface area contributed by atoms with Crippen molar-refractivity contribution < 1.29 is 31.2 Å². The lowest BCUT2D eigenvalue weighted by Gasteiger charge is -2.13. The number of aromatic amines is 1. The summed E-state index contributed by atoms with van der Waals surface area (Å²) in [4.78, 5) is 7.21. The molecule has 0 atom stereocenters. The van der Waals surface area contributed by atoms with Crippen LogP contribution in [0.15, 0.2) is 71.4 Å². The molecule has 5 aromatic rings. The first-order valence-electron chi connectivity index (χ1n) is 10.5. The van der Waals surface area contributed by atoms with Gasteiger partial charge in [0.05, 0.1) is 5.56 Å². The number of halogens is 5. The molecule has 35 heavy (non-hydrogen) atoms. The molecule has 2 heterocycles. The van der Waals surface area contributed by atoms with Crippen molar-refractivity contribution in [2.75, 3.05) is 13.3 Å². The molecule has 1 N–H and O–H groups in total. The molecule has 5 nitrogen and oxygen atoms in total. The van der Waals surface area contributed by atoms with Crippen molar-refractivity contribution in [3.8, 4) is 39.7 Å². The van der Waals surface area contributed by atoms with Crippen molar-refractivity contribution in [3.05, 3.63) is 78.2 Å². The highest BCUT2D eigenvalue weighted by Crippen LogP contribution is 2.39. The van der Waals surface area contributed by atoms with Gasteiger partial charge in [-0.2, -0.15) is 18.2 Å². The standard InChI is InChI=1S/C25H16F5N3O2/c26-9-11-34-22-7-5-15(12-19(22)25(28,29)30)24-32-23(33-35-24)14-4-6-17(20(27)13-14)16-2-1-3-21-18(16)8-10-31-21/h1-8,10,12-13,31H,9,11H2. The molecule has 178 valence electrons. The van der Waals surface area contributed by atoms with E-state index in [1.807, 2.05) is 18.2 Å². The Morgan fingerprint density at radius 3 is 2.54 bits per heavy atom. The van der Waals surface area contributed by atoms with Crippen molar-refractivity contribution in [1.82, 2.24) is 15.1 Å². The Bertz CT molecular complexity index is 1510. The van der Waals surface area contributed by atoms with E-state index < -0.39 is 36.6 Å². The molecule has 2 aromatic heterocycles. The Hall–Kier alpha value is -4.21. The number of nitrogens with one attached hydrogen (secondary N) is 1. The van der Waals surface area contributed by atoms with Crippen LogP contribution in [0.1, 0.15) is 5.56 Å². The minimum absolute atomic E-state index is 0.0108. The fourth-order valence-electron chi connectivity index (χ4n) is 3.81. The first kappa shape index (κ1) is 22.6. The first-order chi connectivity index (χ1) is 16.8. The monoisotopic (exact) mass is 485 g/mol. The molecule has 0 bridgehead atoms. The number of alkyl halides is 4. The number of aromatic nitrogens is 3. The predicted molar refractivity (Wildman–Crippen MR) is 119 cm³/mol. The fraction of sp³-hybridized carbons (Fsp3) is 0.120. The van der Waals surface area contributed by atoms with Gasteiger partial charge in [-0.25, -0.2) is 8.78 Å². The summed E-state index contributed by atoms with van der Waals surface area (Å²) in [5, 5.41) is 4.65. The summed E-state index contributed by atoms with van der Waals surface area (Å²) in [5.74, 6) is -1.20. The van der Waals surface area contributed by atoms with Crippen LogP contribution in [0.3, 0.4) is 0 Å². The first-order valence-corrected chi connectivity index (χ1v) is 10.5. The quantitative estimate of drug-likeness (QED) is 0.262. The summed E-state index contributed by atoms with van der Waals surface area (Å²) in [5.41, 5.74) is 1.13. The Morgan fingerprint density at radius 1 is 0.943 bits per heavy atom. The molecular formula is C25H16F5N3O2. The van der Waals surface area contributed by atoms with E-state index in [0.29, 0.717) is 16.7 Å². The average molecular weight is 485 g/mol. The number of hydrogen-bond donors (Lipinski definition) is 1. The van der Waals surface area contributed by atoms with Gasteiger partial charge in [-0.1, -0.05) is 29.4 Å². The fourth-order valence-corrected chi connectivity index (χ4v) is 3.81. The molecule has 10 heteroatoms. The van der Waals surface area contributed by atoms with Crippen LogP contribution in [0.25, 0.3) is 44.9 Å². The van der Waals surface area contributed by atoms with Crippen LogP contribution in [0.2, 0.25) is 0 Å². The second kappa shape index (κ2) is 8.86. The zero-order valence-electron chi connectivity index (χ0n) is 17.9. The van der Waals surface area contributed by atoms with Gasteiger partial charge in [0, 0.05) is 33.8 Å². The van der Waals surface area contributed by atoms with E-state index >= 15 is 4.39 Å². The zero-order chi connectivity index (χ0) is 24.6. The van der Waals surface area contributed by atoms with E-state index in [-0.39, 0.29) is 17.3 Å². The van der Waals surface area contributed by atoms with Crippen molar-refractivity contribution >= 4 is 10.9 Å². The normalized spacial score (nSPS) is 11.8. The van der Waals surface area contributed by atoms with Gasteiger partial charge in [0.2, 0.25) is 5.82 Å². The van der Waals surface area contributed by atoms with Crippen LogP contribution in [-0.2, 0) is 6.18 Å². The molecule has 0 amide bonds. The second-order valence-electron chi connectivity index (χ2n) is 7.61. The number of benzene rings is 3. The van der Waals surface area contributed by atoms with Gasteiger partial charge in [-0.15, -0.1) is 0 Å². The number of H-pyrrole nitrogens is 1. The van der Waals surface area contributed by atoms with E-state index in [9.17, 15) is 17.6 Å². The Labute approximate surface area is 195 Å². The van der Waals surface area contributed by atoms with E-state index in [4.69, 9.17) is 9.26 Å². The van der Waals surface area contributed by atoms with Crippen LogP contribution in [0, 0.1) is 5.82 Å². The highest BCUT2D eigenvalue weighted by atomic mass is 19.4. The third-order valence-corrected chi connectivity index (χ3v) is 5.41. The number of fused-ring (bicyclic) bond motifs is 1. The lowest BCUT2D eigenvalue weighted by atomic mass is 9.99. The molecule has 0 aliphatic rings. The molecule has 0 aliphatic heterocycles. The smallest absolute Gasteiger partial charge is 0.419 e. The van der Waals surface area contributed by atoms with Crippen LogP contribution in [0.5, 0.6) is 5.75 Å². The van der Waals surface area contributed by atoms with Crippen molar-refractivity contribution in [1.29, 1.82) is 0 Å². The minimum Gasteiger partial charge on any atom is -0.490 e. The van der Waals surface area contributed by atoms with Crippen molar-refractivity contribution in [2.24, 2.45) is 0 Å². The van der Waals surface area contributed by atoms with E-state index in [2.05, 4.69) is 15.1 Å². The Balaban J connectivity index is 1.47. The van der Waals surface area contributed by atoms with Crippen LogP contribution in [-0.4, -0.2) is 28.4 Å². The molecule has 0 unspecified atom stereocenters. The van der Waals surface area contributed by atoms with Gasteiger partial charge in [-0.05, 0) is 42.0 Å². The van der Waals surface area contributed by atoms with Gasteiger partial charge in [0.1, 0.15) is 24.8 Å². The van der Waals surface area contributed by atoms with Crippen LogP contribution < -0.4 is 4.74 Å². The van der Waals surface area contributed by atoms with E-state index in [0.717, 1.165) is 23.0 Å². The SMILES string of the molecule is FCCOc1ccc(-c2nc(-c3ccc(-c4cccc5[nH]ccc45)c(F)c3)no2)cc1C(F)(F)F. The van der Waals surface area contributed by atoms with Gasteiger partial charge < -0.3 is 14.2 Å². The zero-order valence-corrected chi connectivity index (χ0v) is 17.9. The summed E-state index contributed by atoms with van der Waals surface area (Å²) >= 11 is 0. The molecule has 0 saturated carbocycles. The maximum absolute atomic E-state index is 15.1. The average Bonchev–Trinajstić information content (AvgIpc) is 3.52. The maximum Gasteiger partial charge on any atom is 0.419 e. The lowest BCUT2D eigenvalue weighted by Crippen LogP contribution is -2.10. The number of nitrogens with zero attached hydrogens (tertiary/aromatic N) is 2. The molecule has 3 aromatic carbocycles. The summed E-state index contributed by atoms with van der Waals surface area (Å²) in [6.45, 7) is -1.44. The highest BCUT2D eigenvalue weighted by molar-refractivity contribution is 5.95. The minimum atomic E-state index is -4.74. The summed E-state index contributed by atoms with van der Waals surface area (Å²) < 4.78 is 77.8. The topological polar surface area (TPSA) is 63.9 Å². The molecule has 0 aliphatic carbocycles. The van der Waals surface area contributed by atoms with E-state index in [1.165, 1.54) is 12.1 Å². The van der Waals surface area contributed by atoms with Crippen LogP contribution >= 0.6 is 0 Å². The molecule has 0 saturated heterocycles. The summed E-state index contributed by atoms with van der Waals surface area (Å²) in [6, 6.07) is 14.9. The number of ether oxygens (including phenoxy) is 1. The molecule has 0 radical (unpaired) electrons. The highest BCUT2D eigenvalue weighted by Gasteiger charge is 2.35. The lowest BCUT2D eigenvalue weighted by molar-refractivity contribution is -0.138. The number of hydrogen-bond acceptors (Lipinski definition) is 4. The number of rotatable bonds is 6. The maximum atomic E-state index is 15.1. The Kier molecular flexibility index (Phi) is 5.72. The van der Waals surface area contributed by atoms with Gasteiger partial charge in [-0.3, -0.25) is 0 Å². The molecule has 5 rings (SSSR count). The molecule has 0 fully saturated rings. The van der Waals surface area contributed by atoms with Crippen molar-refractivity contribution in [2.45, 2.75) is 6.18 Å². The summed E-state index contributed by atoms with van der Waals surface area (Å²) in [6.07, 6.45) is -2.98. The third-order valence-electron chi connectivity index (χ3n) is 5.41. The van der Waals surface area contributed by atoms with Gasteiger partial charge in [0.25, 0.3) is 5.89 Å². The largest absolute Gasteiger partial charge is 0.490 e. The van der Waals surface area contributed by atoms with Gasteiger partial charge in [0.15, 0.2) is 0 Å². The predicted octanol–water partition coefficient (Wildman–Crippen LogP) is 7.06. The summed E-state index contributed by atoms with van der Waals surface area (Å²) in [7, 11) is 0. The Morgan fingerprint density at radius 2 is 1.77 bits per heavy atom. The second-order valence-corrected chi connectivity index (χ2v) is 7.61. The third kappa shape index (κ3) is 4.34. The van der Waals surface area contributed by atoms with E-state index in [1.54, 1.807) is 24.4 Å². The molecule has 0 spiro atoms. The molecular weight excluding hydrogens is 469 g/mol. The van der Waals surface area contributed by atoms with Gasteiger partial charge >= 0.3 is 6.18 Å². The van der Waals surface area contributed by atoms with Crippen molar-refractivity contribution in [3.63, 3.8) is 0 Å².